The molecule has 8 heteroatoms. The number of aromatic nitrogens is 1. The highest BCUT2D eigenvalue weighted by Crippen LogP contribution is 2.35. The number of benzene rings is 3. The summed E-state index contributed by atoms with van der Waals surface area (Å²) in [5.74, 6) is -0.484. The Balaban J connectivity index is 1.72. The molecule has 2 amide bonds. The molecule has 4 rings (SSSR count). The van der Waals surface area contributed by atoms with Crippen LogP contribution in [-0.4, -0.2) is 43.2 Å². The lowest BCUT2D eigenvalue weighted by atomic mass is 10.1. The van der Waals surface area contributed by atoms with Gasteiger partial charge in [-0.3, -0.25) is 0 Å². The van der Waals surface area contributed by atoms with Crippen molar-refractivity contribution in [3.8, 4) is 10.6 Å². The molecule has 35 heavy (non-hydrogen) atoms. The molecular formula is C27H28N4O3S. The van der Waals surface area contributed by atoms with Crippen molar-refractivity contribution >= 4 is 50.0 Å². The van der Waals surface area contributed by atoms with E-state index in [1.807, 2.05) is 30.3 Å². The Morgan fingerprint density at radius 2 is 1.86 bits per heavy atom. The van der Waals surface area contributed by atoms with Crippen molar-refractivity contribution in [2.24, 2.45) is 4.99 Å². The Bertz CT molecular complexity index is 1460. The third kappa shape index (κ3) is 5.33. The molecule has 0 spiro atoms. The van der Waals surface area contributed by atoms with Gasteiger partial charge in [0.15, 0.2) is 0 Å². The number of carbonyl (C=O) groups excluding carboxylic acids is 2. The van der Waals surface area contributed by atoms with Gasteiger partial charge in [-0.1, -0.05) is 30.8 Å². The lowest BCUT2D eigenvalue weighted by molar-refractivity contribution is -0.138. The molecule has 2 aromatic carbocycles. The summed E-state index contributed by atoms with van der Waals surface area (Å²) in [6.07, 6.45) is 0. The first-order chi connectivity index (χ1) is 16.9. The van der Waals surface area contributed by atoms with Crippen LogP contribution >= 0.6 is 11.3 Å². The molecule has 1 aliphatic carbocycles. The number of carbonyl (C=O) groups is 2. The maximum atomic E-state index is 12.5. The maximum absolute atomic E-state index is 12.5. The number of rotatable bonds is 7. The Morgan fingerprint density at radius 3 is 2.57 bits per heavy atom. The van der Waals surface area contributed by atoms with Crippen LogP contribution in [0.2, 0.25) is 0 Å². The second kappa shape index (κ2) is 10.7. The Labute approximate surface area is 208 Å². The van der Waals surface area contributed by atoms with Crippen LogP contribution in [0.5, 0.6) is 0 Å². The average Bonchev–Trinajstić information content (AvgIpc) is 2.86. The predicted molar refractivity (Wildman–Crippen MR) is 142 cm³/mol. The SMILES string of the molecule is C=C(C)C(=O)OCCNC(=O)/N=c1\cc2sc3cc(N(CC)CC)ccc3nc-2c2ccccc12. The first-order valence-electron chi connectivity index (χ1n) is 11.6. The molecule has 0 radical (unpaired) electrons. The molecule has 1 heterocycles. The molecule has 180 valence electrons. The number of fused-ring (bicyclic) bond motifs is 4. The molecule has 0 bridgehead atoms. The van der Waals surface area contributed by atoms with Crippen molar-refractivity contribution in [3.63, 3.8) is 0 Å². The summed E-state index contributed by atoms with van der Waals surface area (Å²) >= 11 is 1.64. The molecule has 0 atom stereocenters. The summed E-state index contributed by atoms with van der Waals surface area (Å²) in [6.45, 7) is 11.5. The van der Waals surface area contributed by atoms with E-state index >= 15 is 0 Å². The monoisotopic (exact) mass is 488 g/mol. The average molecular weight is 489 g/mol. The molecule has 2 aromatic rings. The van der Waals surface area contributed by atoms with Crippen LogP contribution in [0.1, 0.15) is 20.8 Å². The number of esters is 1. The largest absolute Gasteiger partial charge is 0.460 e. The van der Waals surface area contributed by atoms with E-state index in [1.165, 1.54) is 0 Å². The molecule has 7 nitrogen and oxygen atoms in total. The Kier molecular flexibility index (Phi) is 7.41. The number of hydrogen-bond donors (Lipinski definition) is 1. The van der Waals surface area contributed by atoms with Gasteiger partial charge in [-0.25, -0.2) is 14.6 Å². The Hall–Kier alpha value is -3.78. The zero-order chi connectivity index (χ0) is 24.9. The highest BCUT2D eigenvalue weighted by molar-refractivity contribution is 7.21. The second-order valence-electron chi connectivity index (χ2n) is 8.09. The minimum atomic E-state index is -0.497. The lowest BCUT2D eigenvalue weighted by Crippen LogP contribution is -2.27. The zero-order valence-electron chi connectivity index (χ0n) is 20.1. The smallest absolute Gasteiger partial charge is 0.341 e. The summed E-state index contributed by atoms with van der Waals surface area (Å²) in [7, 11) is 0. The molecule has 0 saturated carbocycles. The van der Waals surface area contributed by atoms with Crippen LogP contribution in [0.15, 0.2) is 65.7 Å². The molecule has 1 aliphatic heterocycles. The van der Waals surface area contributed by atoms with Gasteiger partial charge in [0.1, 0.15) is 6.61 Å². The number of nitrogens with one attached hydrogen (secondary N) is 1. The van der Waals surface area contributed by atoms with E-state index in [-0.39, 0.29) is 13.2 Å². The first-order valence-corrected chi connectivity index (χ1v) is 12.4. The summed E-state index contributed by atoms with van der Waals surface area (Å²) in [5.41, 5.74) is 3.31. The van der Waals surface area contributed by atoms with E-state index < -0.39 is 12.0 Å². The predicted octanol–water partition coefficient (Wildman–Crippen LogP) is 5.13. The number of nitrogens with zero attached hydrogens (tertiary/aromatic N) is 3. The normalized spacial score (nSPS) is 11.7. The molecule has 0 fully saturated rings. The van der Waals surface area contributed by atoms with Gasteiger partial charge in [-0.2, -0.15) is 4.99 Å². The van der Waals surface area contributed by atoms with Crippen LogP contribution in [0.4, 0.5) is 10.5 Å². The van der Waals surface area contributed by atoms with Crippen molar-refractivity contribution < 1.29 is 14.3 Å². The summed E-state index contributed by atoms with van der Waals surface area (Å²) in [6, 6.07) is 15.6. The highest BCUT2D eigenvalue weighted by Gasteiger charge is 2.15. The van der Waals surface area contributed by atoms with Gasteiger partial charge < -0.3 is 15.0 Å². The third-order valence-electron chi connectivity index (χ3n) is 5.67. The van der Waals surface area contributed by atoms with Gasteiger partial charge in [0.2, 0.25) is 0 Å². The summed E-state index contributed by atoms with van der Waals surface area (Å²) in [4.78, 5) is 36.5. The molecule has 1 N–H and O–H groups in total. The minimum Gasteiger partial charge on any atom is -0.460 e. The van der Waals surface area contributed by atoms with Gasteiger partial charge in [0.25, 0.3) is 0 Å². The summed E-state index contributed by atoms with van der Waals surface area (Å²) in [5, 5.41) is 5.03. The van der Waals surface area contributed by atoms with Crippen molar-refractivity contribution in [3.05, 3.63) is 66.0 Å². The van der Waals surface area contributed by atoms with Crippen LogP contribution in [-0.2, 0) is 9.53 Å². The van der Waals surface area contributed by atoms with E-state index in [2.05, 4.69) is 53.8 Å². The Morgan fingerprint density at radius 1 is 1.11 bits per heavy atom. The van der Waals surface area contributed by atoms with Gasteiger partial charge in [0, 0.05) is 35.1 Å². The van der Waals surface area contributed by atoms with Gasteiger partial charge in [-0.05, 0) is 45.0 Å². The molecule has 0 saturated heterocycles. The van der Waals surface area contributed by atoms with Gasteiger partial charge in [0.05, 0.1) is 32.7 Å². The minimum absolute atomic E-state index is 0.0538. The lowest BCUT2D eigenvalue weighted by Gasteiger charge is -2.21. The van der Waals surface area contributed by atoms with Crippen LogP contribution < -0.4 is 15.6 Å². The molecule has 0 unspecified atom stereocenters. The van der Waals surface area contributed by atoms with Gasteiger partial charge >= 0.3 is 12.0 Å². The number of ether oxygens (including phenoxy) is 1. The fourth-order valence-electron chi connectivity index (χ4n) is 3.88. The van der Waals surface area contributed by atoms with Crippen molar-refractivity contribution in [2.45, 2.75) is 20.8 Å². The van der Waals surface area contributed by atoms with E-state index in [0.717, 1.165) is 50.3 Å². The van der Waals surface area contributed by atoms with Crippen LogP contribution in [0.3, 0.4) is 0 Å². The number of amides is 2. The van der Waals surface area contributed by atoms with E-state index in [1.54, 1.807) is 18.3 Å². The quantitative estimate of drug-likeness (QED) is 0.128. The highest BCUT2D eigenvalue weighted by atomic mass is 32.1. The van der Waals surface area contributed by atoms with Crippen molar-refractivity contribution in [1.82, 2.24) is 10.3 Å². The van der Waals surface area contributed by atoms with Crippen molar-refractivity contribution in [2.75, 3.05) is 31.1 Å². The first kappa shape index (κ1) is 24.3. The van der Waals surface area contributed by atoms with Crippen LogP contribution in [0, 0.1) is 0 Å². The molecule has 0 aromatic heterocycles. The fourth-order valence-corrected chi connectivity index (χ4v) is 4.93. The second-order valence-corrected chi connectivity index (χ2v) is 9.17. The number of anilines is 1. The van der Waals surface area contributed by atoms with E-state index in [4.69, 9.17) is 9.72 Å². The maximum Gasteiger partial charge on any atom is 0.341 e. The number of hydrogen-bond acceptors (Lipinski definition) is 6. The number of urea groups is 1. The zero-order valence-corrected chi connectivity index (χ0v) is 20.9. The third-order valence-corrected chi connectivity index (χ3v) is 6.74. The van der Waals surface area contributed by atoms with E-state index in [0.29, 0.717) is 10.9 Å². The van der Waals surface area contributed by atoms with Gasteiger partial charge in [-0.15, -0.1) is 11.3 Å². The molecule has 2 aliphatic rings. The van der Waals surface area contributed by atoms with Crippen LogP contribution in [0.25, 0.3) is 31.6 Å². The van der Waals surface area contributed by atoms with Crippen molar-refractivity contribution in [1.29, 1.82) is 0 Å². The van der Waals surface area contributed by atoms with E-state index in [9.17, 15) is 9.59 Å². The summed E-state index contributed by atoms with van der Waals surface area (Å²) < 4.78 is 6.09. The standard InChI is InChI=1S/C27H28N4O3S/c1-5-31(6-2)18-11-12-21-23(15-18)35-24-16-22(19-9-7-8-10-20(19)25(24)29-21)30-27(33)28-13-14-34-26(32)17(3)4/h7-12,15-16H,3,5-6,13-14H2,1-2,4H3,(H,28,33)/b30-22+. The molecular weight excluding hydrogens is 460 g/mol. The fraction of sp³-hybridized carbons (Fsp3) is 0.259. The topological polar surface area (TPSA) is 83.9 Å².